The number of nitrogens with one attached hydrogen (secondary N) is 1. The molecule has 0 bridgehead atoms. The van der Waals surface area contributed by atoms with Crippen molar-refractivity contribution < 1.29 is 9.59 Å². The van der Waals surface area contributed by atoms with Crippen LogP contribution in [0.25, 0.3) is 0 Å². The minimum Gasteiger partial charge on any atom is -0.319 e. The number of amides is 3. The van der Waals surface area contributed by atoms with Crippen molar-refractivity contribution >= 4 is 11.9 Å². The summed E-state index contributed by atoms with van der Waals surface area (Å²) in [5.74, 6) is -0.797. The highest BCUT2D eigenvalue weighted by Crippen LogP contribution is 2.39. The van der Waals surface area contributed by atoms with Crippen LogP contribution in [-0.4, -0.2) is 23.4 Å². The fraction of sp³-hybridized carbons (Fsp3) is 0.474. The van der Waals surface area contributed by atoms with Crippen LogP contribution in [0.15, 0.2) is 24.3 Å². The third kappa shape index (κ3) is 2.96. The number of aryl methyl sites for hydroxylation is 1. The summed E-state index contributed by atoms with van der Waals surface area (Å²) in [5.41, 5.74) is 0.954. The van der Waals surface area contributed by atoms with Crippen molar-refractivity contribution in [2.45, 2.75) is 44.1 Å². The monoisotopic (exact) mass is 336 g/mol. The molecule has 3 rings (SSSR count). The Morgan fingerprint density at radius 2 is 2.04 bits per heavy atom. The SMILES string of the molecule is N#CCCC(C#N)CN1C(=O)NC2(CCCCc3ccccc32)C1=O. The van der Waals surface area contributed by atoms with Gasteiger partial charge in [-0.1, -0.05) is 24.3 Å². The molecule has 2 aliphatic rings. The van der Waals surface area contributed by atoms with E-state index in [9.17, 15) is 14.9 Å². The van der Waals surface area contributed by atoms with E-state index in [-0.39, 0.29) is 18.9 Å². The lowest BCUT2D eigenvalue weighted by molar-refractivity contribution is -0.132. The molecular weight excluding hydrogens is 316 g/mol. The van der Waals surface area contributed by atoms with E-state index in [1.807, 2.05) is 30.3 Å². The van der Waals surface area contributed by atoms with Gasteiger partial charge in [0, 0.05) is 13.0 Å². The van der Waals surface area contributed by atoms with Gasteiger partial charge in [-0.05, 0) is 43.2 Å². The van der Waals surface area contributed by atoms with Gasteiger partial charge in [0.2, 0.25) is 0 Å². The minimum atomic E-state index is -1.01. The highest BCUT2D eigenvalue weighted by molar-refractivity contribution is 6.07. The molecule has 1 aromatic rings. The zero-order valence-electron chi connectivity index (χ0n) is 14.0. The zero-order valence-corrected chi connectivity index (χ0v) is 14.0. The van der Waals surface area contributed by atoms with Gasteiger partial charge in [-0.25, -0.2) is 4.79 Å². The number of nitrogens with zero attached hydrogens (tertiary/aromatic N) is 3. The lowest BCUT2D eigenvalue weighted by atomic mass is 9.84. The summed E-state index contributed by atoms with van der Waals surface area (Å²) in [6, 6.07) is 11.4. The van der Waals surface area contributed by atoms with Gasteiger partial charge in [0.05, 0.1) is 18.1 Å². The van der Waals surface area contributed by atoms with Crippen LogP contribution in [0.3, 0.4) is 0 Å². The van der Waals surface area contributed by atoms with Crippen LogP contribution in [-0.2, 0) is 16.8 Å². The number of nitriles is 2. The zero-order chi connectivity index (χ0) is 17.9. The van der Waals surface area contributed by atoms with Gasteiger partial charge in [-0.3, -0.25) is 9.69 Å². The molecule has 1 saturated heterocycles. The Morgan fingerprint density at radius 3 is 2.80 bits per heavy atom. The van der Waals surface area contributed by atoms with Gasteiger partial charge < -0.3 is 5.32 Å². The van der Waals surface area contributed by atoms with Crippen molar-refractivity contribution in [1.82, 2.24) is 10.2 Å². The van der Waals surface area contributed by atoms with Crippen LogP contribution >= 0.6 is 0 Å². The average Bonchev–Trinajstić information content (AvgIpc) is 2.76. The smallest absolute Gasteiger partial charge is 0.319 e. The van der Waals surface area contributed by atoms with Crippen molar-refractivity contribution in [3.8, 4) is 12.1 Å². The molecule has 128 valence electrons. The number of hydrogen-bond donors (Lipinski definition) is 1. The van der Waals surface area contributed by atoms with E-state index in [0.29, 0.717) is 12.8 Å². The van der Waals surface area contributed by atoms with Crippen LogP contribution in [0.4, 0.5) is 4.79 Å². The largest absolute Gasteiger partial charge is 0.325 e. The number of carbonyl (C=O) groups is 2. The molecule has 1 aliphatic carbocycles. The molecule has 6 nitrogen and oxygen atoms in total. The van der Waals surface area contributed by atoms with Gasteiger partial charge >= 0.3 is 6.03 Å². The van der Waals surface area contributed by atoms with Crippen LogP contribution < -0.4 is 5.32 Å². The Hall–Kier alpha value is -2.86. The molecule has 0 radical (unpaired) electrons. The van der Waals surface area contributed by atoms with E-state index in [4.69, 9.17) is 5.26 Å². The third-order valence-electron chi connectivity index (χ3n) is 5.09. The van der Waals surface area contributed by atoms with Crippen LogP contribution in [0.1, 0.15) is 43.2 Å². The first-order valence-corrected chi connectivity index (χ1v) is 8.61. The van der Waals surface area contributed by atoms with Gasteiger partial charge in [-0.15, -0.1) is 0 Å². The summed E-state index contributed by atoms with van der Waals surface area (Å²) < 4.78 is 0. The van der Waals surface area contributed by atoms with Crippen molar-refractivity contribution in [1.29, 1.82) is 10.5 Å². The fourth-order valence-electron chi connectivity index (χ4n) is 3.79. The summed E-state index contributed by atoms with van der Waals surface area (Å²) in [7, 11) is 0. The second-order valence-electron chi connectivity index (χ2n) is 6.64. The molecule has 0 saturated carbocycles. The van der Waals surface area contributed by atoms with Crippen LogP contribution in [0.5, 0.6) is 0 Å². The number of fused-ring (bicyclic) bond motifs is 2. The van der Waals surface area contributed by atoms with Crippen LogP contribution in [0.2, 0.25) is 0 Å². The predicted molar refractivity (Wildman–Crippen MR) is 89.9 cm³/mol. The number of hydrogen-bond acceptors (Lipinski definition) is 4. The molecule has 2 atom stereocenters. The quantitative estimate of drug-likeness (QED) is 0.855. The van der Waals surface area contributed by atoms with E-state index < -0.39 is 17.5 Å². The van der Waals surface area contributed by atoms with E-state index in [1.165, 1.54) is 0 Å². The third-order valence-corrected chi connectivity index (χ3v) is 5.09. The summed E-state index contributed by atoms with van der Waals surface area (Å²) in [4.78, 5) is 26.9. The molecule has 0 aromatic heterocycles. The van der Waals surface area contributed by atoms with Gasteiger partial charge in [0.1, 0.15) is 5.54 Å². The molecule has 25 heavy (non-hydrogen) atoms. The Bertz CT molecular complexity index is 776. The first kappa shape index (κ1) is 17.0. The van der Waals surface area contributed by atoms with Gasteiger partial charge in [-0.2, -0.15) is 10.5 Å². The maximum atomic E-state index is 13.2. The fourth-order valence-corrected chi connectivity index (χ4v) is 3.79. The lowest BCUT2D eigenvalue weighted by Crippen LogP contribution is -2.44. The Balaban J connectivity index is 1.91. The molecule has 1 spiro atoms. The van der Waals surface area contributed by atoms with Gasteiger partial charge in [0.15, 0.2) is 0 Å². The molecular formula is C19H20N4O2. The topological polar surface area (TPSA) is 97.0 Å². The summed E-state index contributed by atoms with van der Waals surface area (Å²) >= 11 is 0. The first-order chi connectivity index (χ1) is 12.1. The molecule has 1 heterocycles. The average molecular weight is 336 g/mol. The van der Waals surface area contributed by atoms with Crippen molar-refractivity contribution in [3.05, 3.63) is 35.4 Å². The standard InChI is InChI=1S/C19H20N4O2/c20-11-5-6-14(12-21)13-23-17(24)19(22-18(23)25)10-4-3-8-15-7-1-2-9-16(15)19/h1-2,7,9,14H,3-6,8,10,13H2,(H,22,25). The molecule has 2 unspecified atom stereocenters. The van der Waals surface area contributed by atoms with Crippen LogP contribution in [0, 0.1) is 28.6 Å². The number of imide groups is 1. The molecule has 1 aliphatic heterocycles. The number of benzene rings is 1. The second-order valence-corrected chi connectivity index (χ2v) is 6.64. The highest BCUT2D eigenvalue weighted by Gasteiger charge is 2.53. The molecule has 1 N–H and O–H groups in total. The normalized spacial score (nSPS) is 23.4. The van der Waals surface area contributed by atoms with E-state index in [0.717, 1.165) is 35.3 Å². The molecule has 1 fully saturated rings. The maximum absolute atomic E-state index is 13.2. The Morgan fingerprint density at radius 1 is 1.24 bits per heavy atom. The Labute approximate surface area is 147 Å². The lowest BCUT2D eigenvalue weighted by Gasteiger charge is -2.27. The predicted octanol–water partition coefficient (Wildman–Crippen LogP) is 2.60. The van der Waals surface area contributed by atoms with E-state index in [2.05, 4.69) is 11.4 Å². The summed E-state index contributed by atoms with van der Waals surface area (Å²) in [6.45, 7) is 0.0345. The summed E-state index contributed by atoms with van der Waals surface area (Å²) in [5, 5.41) is 20.9. The molecule has 1 aromatic carbocycles. The number of rotatable bonds is 4. The Kier molecular flexibility index (Phi) is 4.72. The highest BCUT2D eigenvalue weighted by atomic mass is 16.2. The van der Waals surface area contributed by atoms with Gasteiger partial charge in [0.25, 0.3) is 5.91 Å². The molecule has 3 amide bonds. The van der Waals surface area contributed by atoms with Crippen molar-refractivity contribution in [2.75, 3.05) is 6.54 Å². The van der Waals surface area contributed by atoms with Crippen molar-refractivity contribution in [2.24, 2.45) is 5.92 Å². The number of urea groups is 1. The minimum absolute atomic E-state index is 0.0345. The summed E-state index contributed by atoms with van der Waals surface area (Å²) in [6.07, 6.45) is 3.88. The first-order valence-electron chi connectivity index (χ1n) is 8.61. The molecule has 6 heteroatoms. The number of carbonyl (C=O) groups excluding carboxylic acids is 2. The van der Waals surface area contributed by atoms with E-state index in [1.54, 1.807) is 0 Å². The second kappa shape index (κ2) is 6.94. The van der Waals surface area contributed by atoms with Crippen molar-refractivity contribution in [3.63, 3.8) is 0 Å². The van der Waals surface area contributed by atoms with E-state index >= 15 is 0 Å². The maximum Gasteiger partial charge on any atom is 0.325 e.